The fourth-order valence-corrected chi connectivity index (χ4v) is 3.48. The van der Waals surface area contributed by atoms with E-state index in [4.69, 9.17) is 0 Å². The van der Waals surface area contributed by atoms with Crippen LogP contribution in [0.25, 0.3) is 0 Å². The second kappa shape index (κ2) is 7.62. The Morgan fingerprint density at radius 1 is 0.957 bits per heavy atom. The molecular weight excluding hydrogens is 326 g/mol. The van der Waals surface area contributed by atoms with Gasteiger partial charge in [0.15, 0.2) is 0 Å². The number of thioether (sulfide) groups is 1. The molecule has 2 aromatic rings. The van der Waals surface area contributed by atoms with Crippen molar-refractivity contribution >= 4 is 28.0 Å². The Labute approximate surface area is 142 Å². The van der Waals surface area contributed by atoms with Gasteiger partial charge in [-0.1, -0.05) is 53.2 Å². The van der Waals surface area contributed by atoms with Gasteiger partial charge in [-0.2, -0.15) is 12.8 Å². The summed E-state index contributed by atoms with van der Waals surface area (Å²) in [6, 6.07) is 14.7. The number of nitrogens with zero attached hydrogens (tertiary/aromatic N) is 1. The van der Waals surface area contributed by atoms with Crippen molar-refractivity contribution in [2.45, 2.75) is 30.6 Å². The highest BCUT2D eigenvalue weighted by Gasteiger charge is 2.11. The van der Waals surface area contributed by atoms with Gasteiger partial charge in [-0.25, -0.2) is 0 Å². The first-order valence-corrected chi connectivity index (χ1v) is 9.44. The molecule has 0 radical (unpaired) electrons. The van der Waals surface area contributed by atoms with E-state index < -0.39 is 10.0 Å². The van der Waals surface area contributed by atoms with Gasteiger partial charge in [0, 0.05) is 9.80 Å². The van der Waals surface area contributed by atoms with Gasteiger partial charge in [-0.3, -0.25) is 0 Å². The molecule has 0 saturated heterocycles. The zero-order valence-electron chi connectivity index (χ0n) is 13.4. The van der Waals surface area contributed by atoms with Crippen molar-refractivity contribution in [1.29, 1.82) is 0 Å². The maximum Gasteiger partial charge on any atom is 0.282 e. The van der Waals surface area contributed by atoms with Crippen LogP contribution in [0.3, 0.4) is 0 Å². The van der Waals surface area contributed by atoms with E-state index in [1.54, 1.807) is 24.3 Å². The molecule has 0 amide bonds. The minimum absolute atomic E-state index is 0.204. The van der Waals surface area contributed by atoms with Gasteiger partial charge in [-0.05, 0) is 45.0 Å². The lowest BCUT2D eigenvalue weighted by Crippen LogP contribution is -1.97. The van der Waals surface area contributed by atoms with E-state index in [0.29, 0.717) is 0 Å². The summed E-state index contributed by atoms with van der Waals surface area (Å²) in [6.07, 6.45) is 3.25. The molecule has 0 bridgehead atoms. The zero-order valence-corrected chi connectivity index (χ0v) is 15.0. The van der Waals surface area contributed by atoms with Crippen molar-refractivity contribution in [1.82, 2.24) is 0 Å². The van der Waals surface area contributed by atoms with Crippen molar-refractivity contribution < 1.29 is 8.42 Å². The van der Waals surface area contributed by atoms with Crippen LogP contribution in [-0.4, -0.2) is 14.6 Å². The van der Waals surface area contributed by atoms with E-state index in [2.05, 4.69) is 4.40 Å². The maximum atomic E-state index is 12.2. The predicted molar refractivity (Wildman–Crippen MR) is 97.6 cm³/mol. The van der Waals surface area contributed by atoms with Crippen LogP contribution in [0.4, 0.5) is 0 Å². The number of rotatable bonds is 5. The van der Waals surface area contributed by atoms with Gasteiger partial charge in [0.2, 0.25) is 0 Å². The molecule has 0 aliphatic carbocycles. The lowest BCUT2D eigenvalue weighted by atomic mass is 10.2. The fraction of sp³-hybridized carbons (Fsp3) is 0.167. The Morgan fingerprint density at radius 2 is 1.48 bits per heavy atom. The number of benzene rings is 2. The largest absolute Gasteiger partial charge is 0.282 e. The lowest BCUT2D eigenvalue weighted by molar-refractivity contribution is 0.598. The van der Waals surface area contributed by atoms with Crippen molar-refractivity contribution in [3.63, 3.8) is 0 Å². The molecule has 0 unspecified atom stereocenters. The third-order valence-electron chi connectivity index (χ3n) is 3.18. The minimum atomic E-state index is -3.67. The van der Waals surface area contributed by atoms with Crippen molar-refractivity contribution in [2.75, 3.05) is 0 Å². The first-order chi connectivity index (χ1) is 10.9. The minimum Gasteiger partial charge on any atom is -0.199 e. The van der Waals surface area contributed by atoms with E-state index in [0.717, 1.165) is 15.4 Å². The Morgan fingerprint density at radius 3 is 2.00 bits per heavy atom. The Hall–Kier alpha value is -1.85. The van der Waals surface area contributed by atoms with Crippen LogP contribution in [0, 0.1) is 13.8 Å². The van der Waals surface area contributed by atoms with Crippen LogP contribution in [0.5, 0.6) is 0 Å². The molecule has 0 atom stereocenters. The van der Waals surface area contributed by atoms with Gasteiger partial charge in [0.1, 0.15) is 0 Å². The molecule has 2 rings (SSSR count). The summed E-state index contributed by atoms with van der Waals surface area (Å²) in [5, 5.41) is 0. The topological polar surface area (TPSA) is 46.5 Å². The molecule has 0 aliphatic rings. The second-order valence-corrected chi connectivity index (χ2v) is 7.91. The van der Waals surface area contributed by atoms with Gasteiger partial charge < -0.3 is 0 Å². The standard InChI is InChI=1S/C18H19NO2S2/c1-4-16(22-17-9-5-14(2)6-10-17)13-19-23(20,21)18-11-7-15(3)8-12-18/h4-13H,1-3H3/b16-4-,19-13+. The molecule has 3 nitrogen and oxygen atoms in total. The highest BCUT2D eigenvalue weighted by molar-refractivity contribution is 8.04. The molecule has 120 valence electrons. The molecule has 5 heteroatoms. The number of allylic oxidation sites excluding steroid dienone is 2. The molecule has 0 heterocycles. The van der Waals surface area contributed by atoms with E-state index in [1.165, 1.54) is 23.5 Å². The van der Waals surface area contributed by atoms with Gasteiger partial charge in [0.05, 0.1) is 11.1 Å². The van der Waals surface area contributed by atoms with Crippen molar-refractivity contribution in [3.05, 3.63) is 70.6 Å². The highest BCUT2D eigenvalue weighted by atomic mass is 32.2. The molecule has 0 aromatic heterocycles. The van der Waals surface area contributed by atoms with E-state index in [1.807, 2.05) is 51.1 Å². The number of hydrogen-bond donors (Lipinski definition) is 0. The second-order valence-electron chi connectivity index (χ2n) is 5.13. The molecule has 0 saturated carbocycles. The third kappa shape index (κ3) is 5.08. The van der Waals surface area contributed by atoms with Crippen LogP contribution < -0.4 is 0 Å². The summed E-state index contributed by atoms with van der Waals surface area (Å²) in [5.74, 6) is 0. The average molecular weight is 345 g/mol. The molecule has 0 spiro atoms. The lowest BCUT2D eigenvalue weighted by Gasteiger charge is -2.03. The first-order valence-electron chi connectivity index (χ1n) is 7.18. The summed E-state index contributed by atoms with van der Waals surface area (Å²) in [5.41, 5.74) is 2.20. The smallest absolute Gasteiger partial charge is 0.199 e. The van der Waals surface area contributed by atoms with Gasteiger partial charge in [0.25, 0.3) is 10.0 Å². The molecule has 2 aromatic carbocycles. The summed E-state index contributed by atoms with van der Waals surface area (Å²) in [6.45, 7) is 5.80. The fourth-order valence-electron chi connectivity index (χ4n) is 1.79. The Bertz CT molecular complexity index is 818. The summed E-state index contributed by atoms with van der Waals surface area (Å²) in [4.78, 5) is 2.03. The average Bonchev–Trinajstić information content (AvgIpc) is 2.53. The summed E-state index contributed by atoms with van der Waals surface area (Å²) >= 11 is 1.48. The Kier molecular flexibility index (Phi) is 5.80. The number of sulfonamides is 1. The monoisotopic (exact) mass is 345 g/mol. The Balaban J connectivity index is 2.16. The summed E-state index contributed by atoms with van der Waals surface area (Å²) in [7, 11) is -3.67. The predicted octanol–water partition coefficient (Wildman–Crippen LogP) is 4.76. The summed E-state index contributed by atoms with van der Waals surface area (Å²) < 4.78 is 28.3. The third-order valence-corrected chi connectivity index (χ3v) is 5.51. The van der Waals surface area contributed by atoms with Crippen molar-refractivity contribution in [3.8, 4) is 0 Å². The SMILES string of the molecule is C/C=C(/C=N/S(=O)(=O)c1ccc(C)cc1)Sc1ccc(C)cc1. The molecule has 0 N–H and O–H groups in total. The van der Waals surface area contributed by atoms with E-state index in [9.17, 15) is 8.42 Å². The highest BCUT2D eigenvalue weighted by Crippen LogP contribution is 2.26. The van der Waals surface area contributed by atoms with Crippen molar-refractivity contribution in [2.24, 2.45) is 4.40 Å². The molecule has 0 aliphatic heterocycles. The number of aryl methyl sites for hydroxylation is 2. The van der Waals surface area contributed by atoms with Crippen LogP contribution in [0.2, 0.25) is 0 Å². The molecule has 0 fully saturated rings. The van der Waals surface area contributed by atoms with E-state index >= 15 is 0 Å². The van der Waals surface area contributed by atoms with Crippen LogP contribution >= 0.6 is 11.8 Å². The zero-order chi connectivity index (χ0) is 16.9. The molecular formula is C18H19NO2S2. The van der Waals surface area contributed by atoms with Crippen LogP contribution in [-0.2, 0) is 10.0 Å². The maximum absolute atomic E-state index is 12.2. The van der Waals surface area contributed by atoms with E-state index in [-0.39, 0.29) is 4.90 Å². The number of hydrogen-bond acceptors (Lipinski definition) is 3. The first kappa shape index (κ1) is 17.5. The molecule has 23 heavy (non-hydrogen) atoms. The van der Waals surface area contributed by atoms with Crippen LogP contribution in [0.15, 0.2) is 73.7 Å². The normalized spacial score (nSPS) is 12.7. The van der Waals surface area contributed by atoms with Gasteiger partial charge >= 0.3 is 0 Å². The van der Waals surface area contributed by atoms with Gasteiger partial charge in [-0.15, -0.1) is 0 Å². The quantitative estimate of drug-likeness (QED) is 0.580. The van der Waals surface area contributed by atoms with Crippen LogP contribution in [0.1, 0.15) is 18.1 Å².